The molecule has 2 saturated carbocycles. The fourth-order valence-electron chi connectivity index (χ4n) is 6.61. The molecule has 0 aromatic carbocycles. The maximum atomic E-state index is 11.1. The van der Waals surface area contributed by atoms with E-state index in [9.17, 15) is 4.79 Å². The number of hydrogen-bond donors (Lipinski definition) is 0. The highest BCUT2D eigenvalue weighted by Crippen LogP contribution is 2.64. The van der Waals surface area contributed by atoms with Crippen molar-refractivity contribution in [2.45, 2.75) is 71.6 Å². The van der Waals surface area contributed by atoms with Crippen LogP contribution in [0, 0.1) is 28.6 Å². The van der Waals surface area contributed by atoms with Gasteiger partial charge >= 0.3 is 0 Å². The average Bonchev–Trinajstić information content (AvgIpc) is 2.84. The Morgan fingerprint density at radius 2 is 2.09 bits per heavy atom. The number of carbonyl (C=O) groups excluding carboxylic acids is 1. The molecule has 0 heterocycles. The summed E-state index contributed by atoms with van der Waals surface area (Å²) in [5.41, 5.74) is 4.29. The van der Waals surface area contributed by atoms with Gasteiger partial charge in [-0.3, -0.25) is 0 Å². The van der Waals surface area contributed by atoms with E-state index in [2.05, 4.69) is 26.0 Å². The van der Waals surface area contributed by atoms with E-state index in [-0.39, 0.29) is 0 Å². The second-order valence-corrected chi connectivity index (χ2v) is 8.76. The molecule has 4 rings (SSSR count). The van der Waals surface area contributed by atoms with Crippen LogP contribution in [-0.4, -0.2) is 6.29 Å². The van der Waals surface area contributed by atoms with Gasteiger partial charge in [0, 0.05) is 11.8 Å². The molecular formula is C21H30O. The molecule has 5 unspecified atom stereocenters. The first-order valence-electron chi connectivity index (χ1n) is 9.43. The van der Waals surface area contributed by atoms with Gasteiger partial charge in [-0.15, -0.1) is 0 Å². The summed E-state index contributed by atoms with van der Waals surface area (Å²) < 4.78 is 0. The van der Waals surface area contributed by atoms with Crippen molar-refractivity contribution in [2.75, 3.05) is 0 Å². The Morgan fingerprint density at radius 1 is 1.23 bits per heavy atom. The van der Waals surface area contributed by atoms with Crippen molar-refractivity contribution in [3.05, 3.63) is 23.3 Å². The van der Waals surface area contributed by atoms with E-state index in [0.717, 1.165) is 18.3 Å². The van der Waals surface area contributed by atoms with Gasteiger partial charge in [-0.25, -0.2) is 0 Å². The lowest BCUT2D eigenvalue weighted by atomic mass is 9.52. The normalized spacial score (nSPS) is 46.9. The summed E-state index contributed by atoms with van der Waals surface area (Å²) in [4.78, 5) is 11.1. The van der Waals surface area contributed by atoms with E-state index in [0.29, 0.717) is 16.7 Å². The van der Waals surface area contributed by atoms with E-state index in [1.54, 1.807) is 11.1 Å². The minimum Gasteiger partial charge on any atom is -0.303 e. The molecule has 4 aliphatic carbocycles. The summed E-state index contributed by atoms with van der Waals surface area (Å²) in [7, 11) is 0. The van der Waals surface area contributed by atoms with Crippen LogP contribution in [0.25, 0.3) is 0 Å². The highest BCUT2D eigenvalue weighted by atomic mass is 16.1. The van der Waals surface area contributed by atoms with E-state index in [1.807, 2.05) is 0 Å². The van der Waals surface area contributed by atoms with E-state index < -0.39 is 0 Å². The molecule has 0 N–H and O–H groups in total. The Bertz CT molecular complexity index is 542. The van der Waals surface area contributed by atoms with E-state index in [1.165, 1.54) is 57.7 Å². The minimum absolute atomic E-state index is 0.380. The zero-order chi connectivity index (χ0) is 15.4. The molecule has 0 radical (unpaired) electrons. The summed E-state index contributed by atoms with van der Waals surface area (Å²) in [5, 5.41) is 0. The monoisotopic (exact) mass is 298 g/mol. The molecule has 0 amide bonds. The zero-order valence-electron chi connectivity index (χ0n) is 14.2. The Morgan fingerprint density at radius 3 is 2.91 bits per heavy atom. The average molecular weight is 298 g/mol. The molecular weight excluding hydrogens is 268 g/mol. The largest absolute Gasteiger partial charge is 0.303 e. The Labute approximate surface area is 135 Å². The van der Waals surface area contributed by atoms with Crippen molar-refractivity contribution in [1.29, 1.82) is 0 Å². The lowest BCUT2D eigenvalue weighted by Crippen LogP contribution is -2.43. The molecule has 2 fully saturated rings. The van der Waals surface area contributed by atoms with Crippen LogP contribution in [0.3, 0.4) is 0 Å². The molecule has 120 valence electrons. The van der Waals surface area contributed by atoms with Crippen LogP contribution in [0.5, 0.6) is 0 Å². The van der Waals surface area contributed by atoms with Crippen LogP contribution in [0.1, 0.15) is 71.6 Å². The predicted octanol–water partition coefficient (Wildman–Crippen LogP) is 5.46. The van der Waals surface area contributed by atoms with Gasteiger partial charge in [-0.2, -0.15) is 0 Å². The Balaban J connectivity index is 1.70. The number of allylic oxidation sites excluding steroid dienone is 4. The van der Waals surface area contributed by atoms with Gasteiger partial charge in [0.2, 0.25) is 0 Å². The Hall–Kier alpha value is -0.850. The van der Waals surface area contributed by atoms with Gasteiger partial charge in [0.1, 0.15) is 6.29 Å². The van der Waals surface area contributed by atoms with Crippen molar-refractivity contribution < 1.29 is 4.79 Å². The van der Waals surface area contributed by atoms with Gasteiger partial charge < -0.3 is 4.79 Å². The van der Waals surface area contributed by atoms with E-state index in [4.69, 9.17) is 0 Å². The van der Waals surface area contributed by atoms with Crippen LogP contribution in [-0.2, 0) is 4.79 Å². The number of rotatable bonds is 2. The smallest absolute Gasteiger partial charge is 0.120 e. The van der Waals surface area contributed by atoms with Gasteiger partial charge in [0.25, 0.3) is 0 Å². The number of carbonyl (C=O) groups is 1. The first kappa shape index (κ1) is 14.7. The van der Waals surface area contributed by atoms with Crippen molar-refractivity contribution >= 4 is 6.29 Å². The van der Waals surface area contributed by atoms with Gasteiger partial charge in [-0.05, 0) is 68.1 Å². The molecule has 0 aliphatic heterocycles. The molecule has 1 heteroatoms. The maximum absolute atomic E-state index is 11.1. The van der Waals surface area contributed by atoms with Crippen LogP contribution < -0.4 is 0 Å². The van der Waals surface area contributed by atoms with Gasteiger partial charge in [0.05, 0.1) is 0 Å². The topological polar surface area (TPSA) is 17.1 Å². The van der Waals surface area contributed by atoms with Crippen LogP contribution in [0.4, 0.5) is 0 Å². The molecule has 22 heavy (non-hydrogen) atoms. The molecule has 0 saturated heterocycles. The molecule has 0 bridgehead atoms. The summed E-state index contributed by atoms with van der Waals surface area (Å²) >= 11 is 0. The van der Waals surface area contributed by atoms with Crippen molar-refractivity contribution in [2.24, 2.45) is 28.6 Å². The summed E-state index contributed by atoms with van der Waals surface area (Å²) in [5.74, 6) is 2.20. The summed E-state index contributed by atoms with van der Waals surface area (Å²) in [6.07, 6.45) is 17.8. The molecule has 4 aliphatic rings. The second-order valence-electron chi connectivity index (χ2n) is 8.76. The third-order valence-corrected chi connectivity index (χ3v) is 7.97. The van der Waals surface area contributed by atoms with Crippen molar-refractivity contribution in [1.82, 2.24) is 0 Å². The molecule has 0 spiro atoms. The SMILES string of the molecule is CC12CCCCC1=CCC1C2=CCC2(C)C(CC=O)CCC12. The predicted molar refractivity (Wildman–Crippen MR) is 90.5 cm³/mol. The fourth-order valence-corrected chi connectivity index (χ4v) is 6.61. The van der Waals surface area contributed by atoms with E-state index >= 15 is 0 Å². The standard InChI is InChI=1S/C21H30O/c1-20-12-4-3-5-15(20)6-8-17-18-9-7-16(11-14-22)21(18,2)13-10-19(17)20/h6,10,14,16-18H,3-5,7-9,11-13H2,1-2H3. The second kappa shape index (κ2) is 5.08. The molecule has 5 atom stereocenters. The zero-order valence-corrected chi connectivity index (χ0v) is 14.2. The number of aldehydes is 1. The fraction of sp³-hybridized carbons (Fsp3) is 0.762. The highest BCUT2D eigenvalue weighted by molar-refractivity contribution is 5.50. The quantitative estimate of drug-likeness (QED) is 0.488. The summed E-state index contributed by atoms with van der Waals surface area (Å²) in [6.45, 7) is 5.01. The maximum Gasteiger partial charge on any atom is 0.120 e. The summed E-state index contributed by atoms with van der Waals surface area (Å²) in [6, 6.07) is 0. The first-order chi connectivity index (χ1) is 10.6. The lowest BCUT2D eigenvalue weighted by molar-refractivity contribution is -0.109. The van der Waals surface area contributed by atoms with Crippen molar-refractivity contribution in [3.8, 4) is 0 Å². The third-order valence-electron chi connectivity index (χ3n) is 7.97. The molecule has 1 nitrogen and oxygen atoms in total. The van der Waals surface area contributed by atoms with Gasteiger partial charge in [0.15, 0.2) is 0 Å². The minimum atomic E-state index is 0.380. The molecule has 0 aromatic heterocycles. The highest BCUT2D eigenvalue weighted by Gasteiger charge is 2.54. The third kappa shape index (κ3) is 1.87. The van der Waals surface area contributed by atoms with Crippen molar-refractivity contribution in [3.63, 3.8) is 0 Å². The van der Waals surface area contributed by atoms with Crippen LogP contribution in [0.2, 0.25) is 0 Å². The lowest BCUT2D eigenvalue weighted by Gasteiger charge is -2.53. The van der Waals surface area contributed by atoms with Crippen LogP contribution >= 0.6 is 0 Å². The Kier molecular flexibility index (Phi) is 3.40. The molecule has 0 aromatic rings. The number of hydrogen-bond acceptors (Lipinski definition) is 1. The van der Waals surface area contributed by atoms with Crippen LogP contribution in [0.15, 0.2) is 23.3 Å². The first-order valence-corrected chi connectivity index (χ1v) is 9.43. The van der Waals surface area contributed by atoms with Gasteiger partial charge in [-0.1, -0.05) is 43.6 Å². The number of fused-ring (bicyclic) bond motifs is 5.